The number of pyridine rings is 2. The SMILES string of the molecule is COc1nc(-c2cccc(-c3ccnc(-c4cc5c(=O)n(C)c(CNC6CC(C)(O)C6)nn5c4)c3Cl)c2Cl)ccc1CNC[C@@H]1CCC(=O)N1. The van der Waals surface area contributed by atoms with E-state index >= 15 is 0 Å². The van der Waals surface area contributed by atoms with E-state index in [1.807, 2.05) is 37.3 Å². The van der Waals surface area contributed by atoms with Crippen LogP contribution in [0.15, 0.2) is 59.7 Å². The van der Waals surface area contributed by atoms with E-state index < -0.39 is 5.60 Å². The number of ether oxygens (including phenoxy) is 1. The smallest absolute Gasteiger partial charge is 0.277 e. The molecule has 260 valence electrons. The maximum absolute atomic E-state index is 13.3. The number of nitrogens with zero attached hydrogens (tertiary/aromatic N) is 5. The summed E-state index contributed by atoms with van der Waals surface area (Å²) in [6.07, 6.45) is 6.11. The number of aliphatic hydroxyl groups is 1. The van der Waals surface area contributed by atoms with E-state index in [0.717, 1.165) is 12.0 Å². The molecule has 14 heteroatoms. The molecule has 7 rings (SSSR count). The molecule has 0 spiro atoms. The van der Waals surface area contributed by atoms with Crippen LogP contribution >= 0.6 is 23.2 Å². The van der Waals surface area contributed by atoms with Crippen molar-refractivity contribution in [1.29, 1.82) is 0 Å². The number of benzene rings is 1. The predicted octanol–water partition coefficient (Wildman–Crippen LogP) is 4.51. The van der Waals surface area contributed by atoms with Gasteiger partial charge < -0.3 is 25.8 Å². The third kappa shape index (κ3) is 6.73. The number of carbonyl (C=O) groups is 1. The average molecular weight is 718 g/mol. The van der Waals surface area contributed by atoms with E-state index in [1.54, 1.807) is 43.2 Å². The Balaban J connectivity index is 1.14. The lowest BCUT2D eigenvalue weighted by Gasteiger charge is -2.41. The molecular weight excluding hydrogens is 679 g/mol. The van der Waals surface area contributed by atoms with Crippen molar-refractivity contribution in [2.45, 2.75) is 63.4 Å². The number of hydrogen-bond donors (Lipinski definition) is 4. The number of amides is 1. The second-order valence-electron chi connectivity index (χ2n) is 13.3. The second kappa shape index (κ2) is 13.8. The van der Waals surface area contributed by atoms with Crippen molar-refractivity contribution < 1.29 is 14.6 Å². The minimum Gasteiger partial charge on any atom is -0.481 e. The fourth-order valence-corrected chi connectivity index (χ4v) is 7.42. The van der Waals surface area contributed by atoms with Gasteiger partial charge in [-0.1, -0.05) is 47.5 Å². The highest BCUT2D eigenvalue weighted by Gasteiger charge is 2.38. The van der Waals surface area contributed by atoms with Crippen LogP contribution in [0.4, 0.5) is 0 Å². The van der Waals surface area contributed by atoms with Crippen molar-refractivity contribution >= 4 is 34.6 Å². The fourth-order valence-electron chi connectivity index (χ4n) is 6.77. The summed E-state index contributed by atoms with van der Waals surface area (Å²) < 4.78 is 8.73. The van der Waals surface area contributed by atoms with Crippen LogP contribution in [-0.4, -0.2) is 66.5 Å². The summed E-state index contributed by atoms with van der Waals surface area (Å²) in [6.45, 7) is 3.41. The lowest BCUT2D eigenvalue weighted by atomic mass is 9.77. The molecular formula is C36H38Cl2N8O4. The zero-order valence-corrected chi connectivity index (χ0v) is 29.5. The summed E-state index contributed by atoms with van der Waals surface area (Å²) >= 11 is 14.1. The number of fused-ring (bicyclic) bond motifs is 1. The highest BCUT2D eigenvalue weighted by atomic mass is 35.5. The van der Waals surface area contributed by atoms with Gasteiger partial charge in [-0.2, -0.15) is 5.10 Å². The predicted molar refractivity (Wildman–Crippen MR) is 192 cm³/mol. The minimum atomic E-state index is -0.645. The van der Waals surface area contributed by atoms with Crippen LogP contribution in [0, 0.1) is 0 Å². The van der Waals surface area contributed by atoms with Crippen LogP contribution in [0.2, 0.25) is 10.0 Å². The van der Waals surface area contributed by atoms with Crippen LogP contribution in [0.3, 0.4) is 0 Å². The minimum absolute atomic E-state index is 0.0890. The second-order valence-corrected chi connectivity index (χ2v) is 14.1. The van der Waals surface area contributed by atoms with Gasteiger partial charge in [0.25, 0.3) is 5.56 Å². The van der Waals surface area contributed by atoms with Crippen molar-refractivity contribution in [2.75, 3.05) is 13.7 Å². The monoisotopic (exact) mass is 716 g/mol. The Morgan fingerprint density at radius 1 is 1.08 bits per heavy atom. The molecule has 1 aliphatic heterocycles. The summed E-state index contributed by atoms with van der Waals surface area (Å²) in [4.78, 5) is 34.2. The normalized spacial score (nSPS) is 20.2. The van der Waals surface area contributed by atoms with Crippen LogP contribution in [-0.2, 0) is 24.9 Å². The number of hydrogen-bond acceptors (Lipinski definition) is 9. The van der Waals surface area contributed by atoms with Gasteiger partial charge in [0.1, 0.15) is 11.3 Å². The first kappa shape index (κ1) is 34.1. The van der Waals surface area contributed by atoms with Crippen LogP contribution in [0.1, 0.15) is 44.0 Å². The van der Waals surface area contributed by atoms with E-state index in [2.05, 4.69) is 20.9 Å². The van der Waals surface area contributed by atoms with Crippen LogP contribution in [0.5, 0.6) is 5.88 Å². The van der Waals surface area contributed by atoms with Crippen molar-refractivity contribution in [3.8, 4) is 39.5 Å². The molecule has 2 aliphatic rings. The lowest BCUT2D eigenvalue weighted by molar-refractivity contribution is -0.119. The van der Waals surface area contributed by atoms with Gasteiger partial charge in [-0.3, -0.25) is 19.1 Å². The lowest BCUT2D eigenvalue weighted by Crippen LogP contribution is -2.51. The molecule has 1 amide bonds. The molecule has 1 aliphatic carbocycles. The highest BCUT2D eigenvalue weighted by Crippen LogP contribution is 2.42. The third-order valence-electron chi connectivity index (χ3n) is 9.51. The van der Waals surface area contributed by atoms with E-state index in [-0.39, 0.29) is 23.6 Å². The number of carbonyl (C=O) groups excluding carboxylic acids is 1. The summed E-state index contributed by atoms with van der Waals surface area (Å²) in [7, 11) is 3.28. The van der Waals surface area contributed by atoms with Gasteiger partial charge in [-0.15, -0.1) is 0 Å². The Morgan fingerprint density at radius 2 is 1.86 bits per heavy atom. The molecule has 0 bridgehead atoms. The molecule has 12 nitrogen and oxygen atoms in total. The first-order valence-electron chi connectivity index (χ1n) is 16.5. The molecule has 50 heavy (non-hydrogen) atoms. The van der Waals surface area contributed by atoms with Crippen molar-refractivity contribution in [2.24, 2.45) is 7.05 Å². The highest BCUT2D eigenvalue weighted by molar-refractivity contribution is 6.39. The molecule has 0 radical (unpaired) electrons. The first-order chi connectivity index (χ1) is 24.0. The van der Waals surface area contributed by atoms with E-state index in [1.165, 1.54) is 4.57 Å². The van der Waals surface area contributed by atoms with Gasteiger partial charge in [0.05, 0.1) is 40.7 Å². The summed E-state index contributed by atoms with van der Waals surface area (Å²) in [5.41, 5.74) is 4.28. The Morgan fingerprint density at radius 3 is 2.60 bits per heavy atom. The number of halogens is 2. The molecule has 1 saturated carbocycles. The number of rotatable bonds is 11. The standard InChI is InChI=1S/C36H38Cl2N8O4/c1-36(49)14-23(15-36)41-18-29-44-46-19-21(13-28(46)35(48)45(29)2)33-32(38)25(11-12-40-33)24-5-4-6-26(31(24)37)27-9-7-20(34(43-27)50-3)16-39-17-22-8-10-30(47)42-22/h4-7,9,11-13,19,22-23,39,41,49H,8,10,14-18H2,1-3H3,(H,42,47)/t22-,23?,36?/m0/s1. The molecule has 2 fully saturated rings. The molecule has 1 saturated heterocycles. The van der Waals surface area contributed by atoms with Gasteiger partial charge >= 0.3 is 0 Å². The quantitative estimate of drug-likeness (QED) is 0.155. The zero-order chi connectivity index (χ0) is 35.2. The van der Waals surface area contributed by atoms with Crippen LogP contribution < -0.4 is 26.2 Å². The molecule has 5 heterocycles. The molecule has 4 N–H and O–H groups in total. The molecule has 0 unspecified atom stereocenters. The summed E-state index contributed by atoms with van der Waals surface area (Å²) in [5, 5.41) is 25.3. The van der Waals surface area contributed by atoms with Crippen molar-refractivity contribution in [1.82, 2.24) is 40.1 Å². The Kier molecular flexibility index (Phi) is 9.40. The summed E-state index contributed by atoms with van der Waals surface area (Å²) in [5.74, 6) is 1.14. The number of aromatic nitrogens is 5. The number of methoxy groups -OCH3 is 1. The van der Waals surface area contributed by atoms with Gasteiger partial charge in [0, 0.05) is 78.9 Å². The maximum atomic E-state index is 13.3. The topological polar surface area (TPSA) is 148 Å². The Bertz CT molecular complexity index is 2160. The van der Waals surface area contributed by atoms with E-state index in [9.17, 15) is 14.7 Å². The van der Waals surface area contributed by atoms with E-state index in [4.69, 9.17) is 38.0 Å². The van der Waals surface area contributed by atoms with Gasteiger partial charge in [0.15, 0.2) is 0 Å². The van der Waals surface area contributed by atoms with Crippen molar-refractivity contribution in [3.05, 3.63) is 86.6 Å². The molecule has 1 aromatic carbocycles. The van der Waals surface area contributed by atoms with Crippen molar-refractivity contribution in [3.63, 3.8) is 0 Å². The zero-order valence-electron chi connectivity index (χ0n) is 28.0. The fraction of sp³-hybridized carbons (Fsp3) is 0.361. The average Bonchev–Trinajstić information content (AvgIpc) is 3.71. The van der Waals surface area contributed by atoms with E-state index in [0.29, 0.717) is 99.8 Å². The van der Waals surface area contributed by atoms with Gasteiger partial charge in [0.2, 0.25) is 11.8 Å². The molecule has 4 aromatic heterocycles. The molecule has 1 atom stereocenters. The number of nitrogens with one attached hydrogen (secondary N) is 3. The Hall–Kier alpha value is -4.33. The molecule has 5 aromatic rings. The van der Waals surface area contributed by atoms with Gasteiger partial charge in [-0.05, 0) is 44.4 Å². The largest absolute Gasteiger partial charge is 0.481 e. The summed E-state index contributed by atoms with van der Waals surface area (Å²) in [6, 6.07) is 13.4. The third-order valence-corrected chi connectivity index (χ3v) is 10.3. The van der Waals surface area contributed by atoms with Crippen LogP contribution in [0.25, 0.3) is 39.2 Å². The maximum Gasteiger partial charge on any atom is 0.277 e. The first-order valence-corrected chi connectivity index (χ1v) is 17.3. The van der Waals surface area contributed by atoms with Gasteiger partial charge in [-0.25, -0.2) is 9.50 Å². The Labute approximate surface area is 298 Å².